The van der Waals surface area contributed by atoms with Crippen LogP contribution in [-0.4, -0.2) is 24.2 Å². The molecule has 0 saturated heterocycles. The molecule has 1 fully saturated rings. The van der Waals surface area contributed by atoms with Crippen LogP contribution in [0.4, 0.5) is 0 Å². The predicted octanol–water partition coefficient (Wildman–Crippen LogP) is 3.26. The number of esters is 1. The van der Waals surface area contributed by atoms with E-state index in [0.717, 1.165) is 35.7 Å². The largest absolute Gasteiger partial charge is 0.474 e. The highest BCUT2D eigenvalue weighted by Gasteiger charge is 2.28. The lowest BCUT2D eigenvalue weighted by molar-refractivity contribution is -0.147. The first-order valence-electron chi connectivity index (χ1n) is 6.46. The minimum atomic E-state index is -0.101. The highest BCUT2D eigenvalue weighted by atomic mass is 79.9. The van der Waals surface area contributed by atoms with E-state index in [1.807, 2.05) is 13.0 Å². The van der Waals surface area contributed by atoms with Crippen LogP contribution in [-0.2, 0) is 9.53 Å². The van der Waals surface area contributed by atoms with Crippen molar-refractivity contribution in [2.75, 3.05) is 7.11 Å². The molecular formula is C14H18BrNO3. The summed E-state index contributed by atoms with van der Waals surface area (Å²) in [6.07, 6.45) is 5.28. The van der Waals surface area contributed by atoms with Crippen molar-refractivity contribution < 1.29 is 14.3 Å². The minimum absolute atomic E-state index is 0.0313. The van der Waals surface area contributed by atoms with E-state index < -0.39 is 0 Å². The first-order chi connectivity index (χ1) is 9.10. The number of carbonyl (C=O) groups excluding carboxylic acids is 1. The molecule has 0 aliphatic heterocycles. The second-order valence-electron chi connectivity index (χ2n) is 4.89. The number of rotatable bonds is 3. The van der Waals surface area contributed by atoms with Gasteiger partial charge >= 0.3 is 5.97 Å². The van der Waals surface area contributed by atoms with E-state index >= 15 is 0 Å². The lowest BCUT2D eigenvalue weighted by atomic mass is 9.87. The molecule has 19 heavy (non-hydrogen) atoms. The van der Waals surface area contributed by atoms with Crippen molar-refractivity contribution in [3.05, 3.63) is 22.3 Å². The fraction of sp³-hybridized carbons (Fsp3) is 0.571. The third kappa shape index (κ3) is 3.69. The van der Waals surface area contributed by atoms with Gasteiger partial charge in [0.05, 0.1) is 13.0 Å². The van der Waals surface area contributed by atoms with Gasteiger partial charge in [0.15, 0.2) is 0 Å². The highest BCUT2D eigenvalue weighted by molar-refractivity contribution is 9.10. The van der Waals surface area contributed by atoms with Crippen molar-refractivity contribution in [3.8, 4) is 5.88 Å². The SMILES string of the molecule is COC(=O)[C@H]1CC[C@@H](Oc2ncc(Br)cc2C)CC1. The molecule has 0 unspecified atom stereocenters. The van der Waals surface area contributed by atoms with Crippen molar-refractivity contribution >= 4 is 21.9 Å². The van der Waals surface area contributed by atoms with Gasteiger partial charge in [0.2, 0.25) is 5.88 Å². The smallest absolute Gasteiger partial charge is 0.308 e. The lowest BCUT2D eigenvalue weighted by Gasteiger charge is -2.27. The van der Waals surface area contributed by atoms with E-state index in [-0.39, 0.29) is 18.0 Å². The van der Waals surface area contributed by atoms with Crippen LogP contribution < -0.4 is 4.74 Å². The summed E-state index contributed by atoms with van der Waals surface area (Å²) in [6.45, 7) is 1.98. The number of hydrogen-bond donors (Lipinski definition) is 0. The van der Waals surface area contributed by atoms with Gasteiger partial charge in [0.1, 0.15) is 6.10 Å². The first-order valence-corrected chi connectivity index (χ1v) is 7.26. The molecular weight excluding hydrogens is 310 g/mol. The van der Waals surface area contributed by atoms with Crippen LogP contribution in [0.25, 0.3) is 0 Å². The summed E-state index contributed by atoms with van der Waals surface area (Å²) in [4.78, 5) is 15.7. The maximum absolute atomic E-state index is 11.4. The summed E-state index contributed by atoms with van der Waals surface area (Å²) in [5.41, 5.74) is 1.02. The topological polar surface area (TPSA) is 48.4 Å². The average Bonchev–Trinajstić information content (AvgIpc) is 2.42. The maximum Gasteiger partial charge on any atom is 0.308 e. The number of methoxy groups -OCH3 is 1. The highest BCUT2D eigenvalue weighted by Crippen LogP contribution is 2.29. The van der Waals surface area contributed by atoms with Crippen molar-refractivity contribution in [3.63, 3.8) is 0 Å². The number of hydrogen-bond acceptors (Lipinski definition) is 4. The zero-order valence-electron chi connectivity index (χ0n) is 11.2. The third-order valence-electron chi connectivity index (χ3n) is 3.48. The van der Waals surface area contributed by atoms with Gasteiger partial charge in [-0.1, -0.05) is 0 Å². The second-order valence-corrected chi connectivity index (χ2v) is 5.81. The zero-order valence-corrected chi connectivity index (χ0v) is 12.8. The molecule has 0 amide bonds. The molecule has 1 aliphatic carbocycles. The molecule has 0 N–H and O–H groups in total. The Kier molecular flexibility index (Phi) is 4.80. The molecule has 2 rings (SSSR count). The Morgan fingerprint density at radius 2 is 2.05 bits per heavy atom. The Hall–Kier alpha value is -1.10. The van der Waals surface area contributed by atoms with E-state index in [1.54, 1.807) is 6.20 Å². The summed E-state index contributed by atoms with van der Waals surface area (Å²) in [7, 11) is 1.44. The molecule has 104 valence electrons. The van der Waals surface area contributed by atoms with Gasteiger partial charge in [-0.3, -0.25) is 4.79 Å². The summed E-state index contributed by atoms with van der Waals surface area (Å²) in [6, 6.07) is 1.99. The molecule has 4 nitrogen and oxygen atoms in total. The van der Waals surface area contributed by atoms with Crippen molar-refractivity contribution in [1.82, 2.24) is 4.98 Å². The number of pyridine rings is 1. The van der Waals surface area contributed by atoms with Gasteiger partial charge in [0, 0.05) is 16.2 Å². The van der Waals surface area contributed by atoms with Crippen LogP contribution in [0.1, 0.15) is 31.2 Å². The first kappa shape index (κ1) is 14.3. The molecule has 0 radical (unpaired) electrons. The Morgan fingerprint density at radius 1 is 1.37 bits per heavy atom. The van der Waals surface area contributed by atoms with Crippen LogP contribution >= 0.6 is 15.9 Å². The number of carbonyl (C=O) groups is 1. The quantitative estimate of drug-likeness (QED) is 0.799. The Bertz CT molecular complexity index is 456. The Labute approximate surface area is 121 Å². The summed E-state index contributed by atoms with van der Waals surface area (Å²) in [5, 5.41) is 0. The number of aromatic nitrogens is 1. The fourth-order valence-electron chi connectivity index (χ4n) is 2.39. The van der Waals surface area contributed by atoms with Gasteiger partial charge in [0.25, 0.3) is 0 Å². The van der Waals surface area contributed by atoms with Gasteiger partial charge < -0.3 is 9.47 Å². The fourth-order valence-corrected chi connectivity index (χ4v) is 2.84. The van der Waals surface area contributed by atoms with Crippen molar-refractivity contribution in [2.24, 2.45) is 5.92 Å². The standard InChI is InChI=1S/C14H18BrNO3/c1-9-7-11(15)8-16-13(9)19-12-5-3-10(4-6-12)14(17)18-2/h7-8,10,12H,3-6H2,1-2H3/t10-,12+. The van der Waals surface area contributed by atoms with Crippen LogP contribution in [0.3, 0.4) is 0 Å². The molecule has 1 heterocycles. The molecule has 1 aliphatic rings. The van der Waals surface area contributed by atoms with Crippen LogP contribution in [0, 0.1) is 12.8 Å². The summed E-state index contributed by atoms with van der Waals surface area (Å²) < 4.78 is 11.6. The Balaban J connectivity index is 1.90. The minimum Gasteiger partial charge on any atom is -0.474 e. The van der Waals surface area contributed by atoms with Gasteiger partial charge in [-0.2, -0.15) is 0 Å². The van der Waals surface area contributed by atoms with Crippen LogP contribution in [0.2, 0.25) is 0 Å². The maximum atomic E-state index is 11.4. The molecule has 1 aromatic heterocycles. The second kappa shape index (κ2) is 6.37. The van der Waals surface area contributed by atoms with Gasteiger partial charge in [-0.15, -0.1) is 0 Å². The molecule has 0 atom stereocenters. The average molecular weight is 328 g/mol. The van der Waals surface area contributed by atoms with E-state index in [4.69, 9.17) is 9.47 Å². The summed E-state index contributed by atoms with van der Waals surface area (Å²) >= 11 is 3.38. The van der Waals surface area contributed by atoms with Crippen LogP contribution in [0.5, 0.6) is 5.88 Å². The number of ether oxygens (including phenoxy) is 2. The number of aryl methyl sites for hydroxylation is 1. The normalized spacial score (nSPS) is 22.9. The molecule has 1 aromatic rings. The molecule has 0 bridgehead atoms. The monoisotopic (exact) mass is 327 g/mol. The third-order valence-corrected chi connectivity index (χ3v) is 3.92. The van der Waals surface area contributed by atoms with E-state index in [2.05, 4.69) is 20.9 Å². The van der Waals surface area contributed by atoms with E-state index in [1.165, 1.54) is 7.11 Å². The van der Waals surface area contributed by atoms with Gasteiger partial charge in [-0.25, -0.2) is 4.98 Å². The lowest BCUT2D eigenvalue weighted by Crippen LogP contribution is -2.29. The van der Waals surface area contributed by atoms with Crippen molar-refractivity contribution in [1.29, 1.82) is 0 Å². The molecule has 0 aromatic carbocycles. The zero-order chi connectivity index (χ0) is 13.8. The van der Waals surface area contributed by atoms with Gasteiger partial charge in [-0.05, 0) is 54.6 Å². The van der Waals surface area contributed by atoms with Crippen LogP contribution in [0.15, 0.2) is 16.7 Å². The number of nitrogens with zero attached hydrogens (tertiary/aromatic N) is 1. The van der Waals surface area contributed by atoms with E-state index in [9.17, 15) is 4.79 Å². The molecule has 0 spiro atoms. The molecule has 5 heteroatoms. The predicted molar refractivity (Wildman–Crippen MR) is 75.1 cm³/mol. The van der Waals surface area contributed by atoms with E-state index in [0.29, 0.717) is 5.88 Å². The molecule has 1 saturated carbocycles. The number of halogens is 1. The van der Waals surface area contributed by atoms with Crippen molar-refractivity contribution in [2.45, 2.75) is 38.7 Å². The Morgan fingerprint density at radius 3 is 2.63 bits per heavy atom. The summed E-state index contributed by atoms with van der Waals surface area (Å²) in [5.74, 6) is 0.616.